The lowest BCUT2D eigenvalue weighted by Crippen LogP contribution is -2.44. The summed E-state index contributed by atoms with van der Waals surface area (Å²) in [5, 5.41) is 2.59. The van der Waals surface area contributed by atoms with E-state index in [1.54, 1.807) is 39.3 Å². The lowest BCUT2D eigenvalue weighted by atomic mass is 9.99. The summed E-state index contributed by atoms with van der Waals surface area (Å²) >= 11 is 0. The zero-order valence-corrected chi connectivity index (χ0v) is 13.9. The Hall–Kier alpha value is -1.60. The van der Waals surface area contributed by atoms with Crippen molar-refractivity contribution in [1.29, 1.82) is 0 Å². The van der Waals surface area contributed by atoms with E-state index < -0.39 is 10.0 Å². The summed E-state index contributed by atoms with van der Waals surface area (Å²) in [7, 11) is -0.464. The predicted octanol–water partition coefficient (Wildman–Crippen LogP) is 1.15. The van der Waals surface area contributed by atoms with Crippen molar-refractivity contribution in [2.45, 2.75) is 24.7 Å². The molecule has 1 saturated heterocycles. The van der Waals surface area contributed by atoms with Gasteiger partial charge in [-0.05, 0) is 43.5 Å². The number of hydrogen-bond donors (Lipinski definition) is 1. The molecular formula is C15H22N2O4S. The normalized spacial score (nSPS) is 19.7. The Morgan fingerprint density at radius 2 is 2.14 bits per heavy atom. The van der Waals surface area contributed by atoms with Gasteiger partial charge in [-0.2, -0.15) is 4.31 Å². The van der Waals surface area contributed by atoms with E-state index in [0.717, 1.165) is 5.56 Å². The van der Waals surface area contributed by atoms with E-state index in [4.69, 9.17) is 4.74 Å². The maximum absolute atomic E-state index is 12.7. The minimum absolute atomic E-state index is 0.106. The highest BCUT2D eigenvalue weighted by molar-refractivity contribution is 7.89. The van der Waals surface area contributed by atoms with Gasteiger partial charge < -0.3 is 10.1 Å². The molecule has 1 aromatic rings. The van der Waals surface area contributed by atoms with Crippen molar-refractivity contribution in [2.75, 3.05) is 27.2 Å². The second-order valence-electron chi connectivity index (χ2n) is 5.45. The molecule has 1 aliphatic rings. The van der Waals surface area contributed by atoms with Gasteiger partial charge >= 0.3 is 0 Å². The number of hydrogen-bond acceptors (Lipinski definition) is 4. The average molecular weight is 326 g/mol. The molecule has 0 bridgehead atoms. The highest BCUT2D eigenvalue weighted by Crippen LogP contribution is 2.27. The number of benzene rings is 1. The largest absolute Gasteiger partial charge is 0.496 e. The second-order valence-corrected chi connectivity index (χ2v) is 7.39. The van der Waals surface area contributed by atoms with E-state index in [1.165, 1.54) is 4.31 Å². The average Bonchev–Trinajstić information content (AvgIpc) is 2.54. The molecule has 1 fully saturated rings. The number of aryl methyl sites for hydroxylation is 1. The van der Waals surface area contributed by atoms with Crippen molar-refractivity contribution in [3.8, 4) is 5.75 Å². The SMILES string of the molecule is CNC(=O)C1CCCN(S(=O)(=O)c2ccc(OC)c(C)c2)C1. The summed E-state index contributed by atoms with van der Waals surface area (Å²) in [6.07, 6.45) is 1.40. The second kappa shape index (κ2) is 6.66. The molecule has 6 nitrogen and oxygen atoms in total. The highest BCUT2D eigenvalue weighted by Gasteiger charge is 2.33. The Balaban J connectivity index is 2.26. The van der Waals surface area contributed by atoms with Crippen LogP contribution in [0.5, 0.6) is 5.75 Å². The van der Waals surface area contributed by atoms with Gasteiger partial charge in [-0.25, -0.2) is 8.42 Å². The quantitative estimate of drug-likeness (QED) is 0.900. The molecule has 0 spiro atoms. The topological polar surface area (TPSA) is 75.7 Å². The highest BCUT2D eigenvalue weighted by atomic mass is 32.2. The minimum Gasteiger partial charge on any atom is -0.496 e. The molecule has 22 heavy (non-hydrogen) atoms. The first kappa shape index (κ1) is 16.8. The van der Waals surface area contributed by atoms with Gasteiger partial charge in [-0.3, -0.25) is 4.79 Å². The van der Waals surface area contributed by atoms with Gasteiger partial charge in [0, 0.05) is 20.1 Å². The van der Waals surface area contributed by atoms with E-state index >= 15 is 0 Å². The molecule has 7 heteroatoms. The molecule has 122 valence electrons. The number of rotatable bonds is 4. The molecule has 1 amide bonds. The van der Waals surface area contributed by atoms with Crippen LogP contribution in [-0.2, 0) is 14.8 Å². The summed E-state index contributed by atoms with van der Waals surface area (Å²) in [6.45, 7) is 2.48. The summed E-state index contributed by atoms with van der Waals surface area (Å²) in [6, 6.07) is 4.81. The lowest BCUT2D eigenvalue weighted by Gasteiger charge is -2.31. The molecule has 2 rings (SSSR count). The van der Waals surface area contributed by atoms with Crippen LogP contribution in [0.4, 0.5) is 0 Å². The zero-order valence-electron chi connectivity index (χ0n) is 13.1. The summed E-state index contributed by atoms with van der Waals surface area (Å²) in [4.78, 5) is 12.0. The van der Waals surface area contributed by atoms with E-state index in [-0.39, 0.29) is 23.3 Å². The van der Waals surface area contributed by atoms with Crippen molar-refractivity contribution in [3.63, 3.8) is 0 Å². The summed E-state index contributed by atoms with van der Waals surface area (Å²) in [5.41, 5.74) is 0.767. The van der Waals surface area contributed by atoms with Crippen molar-refractivity contribution in [3.05, 3.63) is 23.8 Å². The summed E-state index contributed by atoms with van der Waals surface area (Å²) in [5.74, 6) is 0.263. The van der Waals surface area contributed by atoms with Crippen LogP contribution < -0.4 is 10.1 Å². The van der Waals surface area contributed by atoms with Gasteiger partial charge in [-0.15, -0.1) is 0 Å². The monoisotopic (exact) mass is 326 g/mol. The molecule has 1 aromatic carbocycles. The molecule has 1 atom stereocenters. The first-order chi connectivity index (χ1) is 10.4. The molecule has 0 aliphatic carbocycles. The van der Waals surface area contributed by atoms with E-state index in [2.05, 4.69) is 5.32 Å². The van der Waals surface area contributed by atoms with Gasteiger partial charge in [0.1, 0.15) is 5.75 Å². The molecule has 0 saturated carbocycles. The number of amides is 1. The van der Waals surface area contributed by atoms with Crippen molar-refractivity contribution >= 4 is 15.9 Å². The Bertz CT molecular complexity index is 658. The third-order valence-corrected chi connectivity index (χ3v) is 5.87. The first-order valence-electron chi connectivity index (χ1n) is 7.26. The number of sulfonamides is 1. The molecule has 1 N–H and O–H groups in total. The molecule has 1 unspecified atom stereocenters. The maximum atomic E-state index is 12.7. The Labute approximate surface area is 131 Å². The van der Waals surface area contributed by atoms with Gasteiger partial charge in [0.15, 0.2) is 0 Å². The Morgan fingerprint density at radius 3 is 2.73 bits per heavy atom. The number of piperidine rings is 1. The van der Waals surface area contributed by atoms with E-state index in [0.29, 0.717) is 25.1 Å². The van der Waals surface area contributed by atoms with Gasteiger partial charge in [-0.1, -0.05) is 0 Å². The molecule has 1 heterocycles. The number of nitrogens with one attached hydrogen (secondary N) is 1. The van der Waals surface area contributed by atoms with Crippen LogP contribution in [0.15, 0.2) is 23.1 Å². The van der Waals surface area contributed by atoms with E-state index in [1.807, 2.05) is 0 Å². The Morgan fingerprint density at radius 1 is 1.41 bits per heavy atom. The fraction of sp³-hybridized carbons (Fsp3) is 0.533. The molecule has 0 aromatic heterocycles. The molecular weight excluding hydrogens is 304 g/mol. The standard InChI is InChI=1S/C15H22N2O4S/c1-11-9-13(6-7-14(11)21-3)22(19,20)17-8-4-5-12(10-17)15(18)16-2/h6-7,9,12H,4-5,8,10H2,1-3H3,(H,16,18). The van der Waals surface area contributed by atoms with Crippen LogP contribution in [0.3, 0.4) is 0 Å². The number of nitrogens with zero attached hydrogens (tertiary/aromatic N) is 1. The number of ether oxygens (including phenoxy) is 1. The zero-order chi connectivity index (χ0) is 16.3. The Kier molecular flexibility index (Phi) is 5.08. The number of carbonyl (C=O) groups excluding carboxylic acids is 1. The van der Waals surface area contributed by atoms with Crippen molar-refractivity contribution < 1.29 is 17.9 Å². The third kappa shape index (κ3) is 3.25. The maximum Gasteiger partial charge on any atom is 0.243 e. The lowest BCUT2D eigenvalue weighted by molar-refractivity contribution is -0.125. The van der Waals surface area contributed by atoms with Gasteiger partial charge in [0.25, 0.3) is 0 Å². The number of methoxy groups -OCH3 is 1. The van der Waals surface area contributed by atoms with Crippen LogP contribution in [-0.4, -0.2) is 45.9 Å². The van der Waals surface area contributed by atoms with Gasteiger partial charge in [0.2, 0.25) is 15.9 Å². The van der Waals surface area contributed by atoms with Crippen LogP contribution in [0, 0.1) is 12.8 Å². The fourth-order valence-corrected chi connectivity index (χ4v) is 4.35. The van der Waals surface area contributed by atoms with E-state index in [9.17, 15) is 13.2 Å². The predicted molar refractivity (Wildman–Crippen MR) is 83.3 cm³/mol. The fourth-order valence-electron chi connectivity index (χ4n) is 2.74. The minimum atomic E-state index is -3.59. The van der Waals surface area contributed by atoms with Crippen LogP contribution >= 0.6 is 0 Å². The molecule has 0 radical (unpaired) electrons. The smallest absolute Gasteiger partial charge is 0.243 e. The van der Waals surface area contributed by atoms with Crippen LogP contribution in [0.2, 0.25) is 0 Å². The first-order valence-corrected chi connectivity index (χ1v) is 8.70. The third-order valence-electron chi connectivity index (χ3n) is 4.01. The van der Waals surface area contributed by atoms with Crippen LogP contribution in [0.25, 0.3) is 0 Å². The molecule has 1 aliphatic heterocycles. The van der Waals surface area contributed by atoms with Crippen LogP contribution in [0.1, 0.15) is 18.4 Å². The summed E-state index contributed by atoms with van der Waals surface area (Å²) < 4.78 is 32.1. The number of carbonyl (C=O) groups is 1. The van der Waals surface area contributed by atoms with Gasteiger partial charge in [0.05, 0.1) is 17.9 Å². The van der Waals surface area contributed by atoms with Crippen molar-refractivity contribution in [1.82, 2.24) is 9.62 Å². The van der Waals surface area contributed by atoms with Crippen molar-refractivity contribution in [2.24, 2.45) is 5.92 Å².